The molecule has 0 aliphatic rings. The maximum atomic E-state index is 13.6. The second kappa shape index (κ2) is 4.47. The molecule has 0 fully saturated rings. The zero-order valence-electron chi connectivity index (χ0n) is 8.82. The van der Waals surface area contributed by atoms with Crippen molar-refractivity contribution in [2.45, 2.75) is 6.61 Å². The first kappa shape index (κ1) is 11.5. The normalized spacial score (nSPS) is 10.5. The highest BCUT2D eigenvalue weighted by atomic mass is 19.2. The van der Waals surface area contributed by atoms with Gasteiger partial charge < -0.3 is 10.8 Å². The number of anilines is 1. The fraction of sp³-hybridized carbons (Fsp3) is 0.0833. The first-order chi connectivity index (χ1) is 8.13. The molecule has 0 saturated heterocycles. The predicted molar refractivity (Wildman–Crippen MR) is 59.9 cm³/mol. The van der Waals surface area contributed by atoms with Crippen LogP contribution in [0, 0.1) is 11.6 Å². The summed E-state index contributed by atoms with van der Waals surface area (Å²) in [6.45, 7) is -0.239. The highest BCUT2D eigenvalue weighted by Crippen LogP contribution is 2.28. The maximum Gasteiger partial charge on any atom is 0.166 e. The number of nitrogens with two attached hydrogens (primary N) is 1. The molecule has 0 aliphatic carbocycles. The molecule has 2 aromatic rings. The summed E-state index contributed by atoms with van der Waals surface area (Å²) in [7, 11) is 0. The minimum Gasteiger partial charge on any atom is -0.392 e. The highest BCUT2D eigenvalue weighted by Gasteiger charge is 2.13. The summed E-state index contributed by atoms with van der Waals surface area (Å²) in [6, 6.07) is 5.31. The molecule has 17 heavy (non-hydrogen) atoms. The summed E-state index contributed by atoms with van der Waals surface area (Å²) < 4.78 is 26.7. The Labute approximate surface area is 96.5 Å². The number of aliphatic hydroxyl groups excluding tert-OH is 1. The standard InChI is InChI=1S/C12H10F2N2O/c13-10-3-1-2-8(11(10)14)9-4-7(6-17)5-16-12(9)15/h1-5,17H,6H2,(H2,15,16). The topological polar surface area (TPSA) is 59.1 Å². The van der Waals surface area contributed by atoms with Crippen molar-refractivity contribution in [2.24, 2.45) is 0 Å². The van der Waals surface area contributed by atoms with Crippen molar-refractivity contribution in [3.8, 4) is 11.1 Å². The van der Waals surface area contributed by atoms with Crippen LogP contribution in [0.2, 0.25) is 0 Å². The van der Waals surface area contributed by atoms with Gasteiger partial charge in [0.2, 0.25) is 0 Å². The molecule has 0 aliphatic heterocycles. The van der Waals surface area contributed by atoms with E-state index in [0.717, 1.165) is 6.07 Å². The fourth-order valence-corrected chi connectivity index (χ4v) is 1.53. The Bertz CT molecular complexity index is 558. The van der Waals surface area contributed by atoms with Crippen LogP contribution in [0.25, 0.3) is 11.1 Å². The van der Waals surface area contributed by atoms with Gasteiger partial charge >= 0.3 is 0 Å². The van der Waals surface area contributed by atoms with E-state index in [2.05, 4.69) is 4.98 Å². The van der Waals surface area contributed by atoms with E-state index in [4.69, 9.17) is 10.8 Å². The quantitative estimate of drug-likeness (QED) is 0.839. The molecule has 0 atom stereocenters. The lowest BCUT2D eigenvalue weighted by Crippen LogP contribution is -1.99. The van der Waals surface area contributed by atoms with Gasteiger partial charge in [0, 0.05) is 17.3 Å². The van der Waals surface area contributed by atoms with E-state index in [0.29, 0.717) is 5.56 Å². The first-order valence-corrected chi connectivity index (χ1v) is 4.93. The van der Waals surface area contributed by atoms with Crippen molar-refractivity contribution >= 4 is 5.82 Å². The summed E-state index contributed by atoms with van der Waals surface area (Å²) in [4.78, 5) is 3.83. The van der Waals surface area contributed by atoms with Gasteiger partial charge in [-0.15, -0.1) is 0 Å². The van der Waals surface area contributed by atoms with Crippen molar-refractivity contribution < 1.29 is 13.9 Å². The van der Waals surface area contributed by atoms with Crippen LogP contribution in [0.3, 0.4) is 0 Å². The summed E-state index contributed by atoms with van der Waals surface area (Å²) in [6.07, 6.45) is 1.38. The lowest BCUT2D eigenvalue weighted by Gasteiger charge is -2.08. The third-order valence-electron chi connectivity index (χ3n) is 2.40. The maximum absolute atomic E-state index is 13.6. The van der Waals surface area contributed by atoms with Crippen LogP contribution in [0.4, 0.5) is 14.6 Å². The Kier molecular flexibility index (Phi) is 3.01. The summed E-state index contributed by atoms with van der Waals surface area (Å²) in [5, 5.41) is 8.98. The molecule has 0 radical (unpaired) electrons. The number of nitrogen functional groups attached to an aromatic ring is 1. The van der Waals surface area contributed by atoms with E-state index in [1.54, 1.807) is 0 Å². The molecule has 0 saturated carbocycles. The van der Waals surface area contributed by atoms with Gasteiger partial charge in [-0.2, -0.15) is 0 Å². The van der Waals surface area contributed by atoms with Crippen molar-refractivity contribution in [2.75, 3.05) is 5.73 Å². The van der Waals surface area contributed by atoms with Crippen LogP contribution >= 0.6 is 0 Å². The average Bonchev–Trinajstić information content (AvgIpc) is 2.34. The van der Waals surface area contributed by atoms with Crippen LogP contribution in [0.1, 0.15) is 5.56 Å². The Hall–Kier alpha value is -2.01. The minimum atomic E-state index is -0.976. The lowest BCUT2D eigenvalue weighted by molar-refractivity contribution is 0.281. The van der Waals surface area contributed by atoms with Gasteiger partial charge in [-0.05, 0) is 17.7 Å². The van der Waals surface area contributed by atoms with E-state index < -0.39 is 11.6 Å². The van der Waals surface area contributed by atoms with Crippen LogP contribution in [-0.2, 0) is 6.61 Å². The number of aliphatic hydroxyl groups is 1. The van der Waals surface area contributed by atoms with Gasteiger partial charge in [-0.1, -0.05) is 12.1 Å². The second-order valence-electron chi connectivity index (χ2n) is 3.54. The number of pyridine rings is 1. The third-order valence-corrected chi connectivity index (χ3v) is 2.40. The summed E-state index contributed by atoms with van der Waals surface area (Å²) in [5.74, 6) is -1.83. The molecule has 2 rings (SSSR count). The second-order valence-corrected chi connectivity index (χ2v) is 3.54. The SMILES string of the molecule is Nc1ncc(CO)cc1-c1cccc(F)c1F. The zero-order valence-corrected chi connectivity index (χ0v) is 8.82. The van der Waals surface area contributed by atoms with E-state index in [-0.39, 0.29) is 23.6 Å². The molecule has 3 N–H and O–H groups in total. The van der Waals surface area contributed by atoms with Crippen molar-refractivity contribution in [1.82, 2.24) is 4.98 Å². The molecular weight excluding hydrogens is 226 g/mol. The number of benzene rings is 1. The number of rotatable bonds is 2. The molecule has 0 unspecified atom stereocenters. The highest BCUT2D eigenvalue weighted by molar-refractivity contribution is 5.74. The average molecular weight is 236 g/mol. The van der Waals surface area contributed by atoms with Crippen molar-refractivity contribution in [1.29, 1.82) is 0 Å². The molecule has 1 aromatic heterocycles. The Morgan fingerprint density at radius 2 is 2.00 bits per heavy atom. The fourth-order valence-electron chi connectivity index (χ4n) is 1.53. The molecule has 0 spiro atoms. The van der Waals surface area contributed by atoms with Gasteiger partial charge in [0.05, 0.1) is 6.61 Å². The van der Waals surface area contributed by atoms with E-state index in [9.17, 15) is 8.78 Å². The smallest absolute Gasteiger partial charge is 0.166 e. The third kappa shape index (κ3) is 2.09. The van der Waals surface area contributed by atoms with Gasteiger partial charge in [0.25, 0.3) is 0 Å². The van der Waals surface area contributed by atoms with Gasteiger partial charge in [-0.25, -0.2) is 13.8 Å². The van der Waals surface area contributed by atoms with Crippen LogP contribution in [-0.4, -0.2) is 10.1 Å². The number of aromatic nitrogens is 1. The molecular formula is C12H10F2N2O. The van der Waals surface area contributed by atoms with Gasteiger partial charge in [0.15, 0.2) is 11.6 Å². The number of hydrogen-bond donors (Lipinski definition) is 2. The van der Waals surface area contributed by atoms with Gasteiger partial charge in [-0.3, -0.25) is 0 Å². The molecule has 3 nitrogen and oxygen atoms in total. The van der Waals surface area contributed by atoms with E-state index >= 15 is 0 Å². The molecule has 88 valence electrons. The van der Waals surface area contributed by atoms with Gasteiger partial charge in [0.1, 0.15) is 5.82 Å². The Balaban J connectivity index is 2.63. The molecule has 0 amide bonds. The molecule has 0 bridgehead atoms. The lowest BCUT2D eigenvalue weighted by atomic mass is 10.0. The zero-order chi connectivity index (χ0) is 12.4. The largest absolute Gasteiger partial charge is 0.392 e. The van der Waals surface area contributed by atoms with E-state index in [1.165, 1.54) is 24.4 Å². The first-order valence-electron chi connectivity index (χ1n) is 4.93. The minimum absolute atomic E-state index is 0.0327. The Morgan fingerprint density at radius 1 is 1.24 bits per heavy atom. The number of halogens is 2. The number of nitrogens with zero attached hydrogens (tertiary/aromatic N) is 1. The summed E-state index contributed by atoms with van der Waals surface area (Å²) >= 11 is 0. The molecule has 5 heteroatoms. The molecule has 1 aromatic carbocycles. The van der Waals surface area contributed by atoms with Crippen LogP contribution in [0.5, 0.6) is 0 Å². The van der Waals surface area contributed by atoms with E-state index in [1.807, 2.05) is 0 Å². The van der Waals surface area contributed by atoms with Crippen LogP contribution < -0.4 is 5.73 Å². The van der Waals surface area contributed by atoms with Crippen LogP contribution in [0.15, 0.2) is 30.5 Å². The summed E-state index contributed by atoms with van der Waals surface area (Å²) in [5.41, 5.74) is 6.40. The monoisotopic (exact) mass is 236 g/mol. The van der Waals surface area contributed by atoms with Crippen molar-refractivity contribution in [3.05, 3.63) is 47.7 Å². The molecule has 1 heterocycles. The predicted octanol–water partition coefficient (Wildman–Crippen LogP) is 2.10. The Morgan fingerprint density at radius 3 is 2.71 bits per heavy atom. The van der Waals surface area contributed by atoms with Crippen molar-refractivity contribution in [3.63, 3.8) is 0 Å². The number of hydrogen-bond acceptors (Lipinski definition) is 3.